The minimum absolute atomic E-state index is 0. The van der Waals surface area contributed by atoms with Crippen molar-refractivity contribution in [1.29, 1.82) is 0 Å². The number of carbonyl (C=O) groups is 1. The monoisotopic (exact) mass is 294 g/mol. The molecular formula is C13H27ClN2O3. The predicted molar refractivity (Wildman–Crippen MR) is 77.8 cm³/mol. The lowest BCUT2D eigenvalue weighted by Gasteiger charge is -2.36. The van der Waals surface area contributed by atoms with Gasteiger partial charge in [0.15, 0.2) is 0 Å². The van der Waals surface area contributed by atoms with E-state index < -0.39 is 0 Å². The zero-order valence-electron chi connectivity index (χ0n) is 12.4. The number of methoxy groups -OCH3 is 2. The fraction of sp³-hybridized carbons (Fsp3) is 0.923. The molecule has 0 aliphatic carbocycles. The highest BCUT2D eigenvalue weighted by Crippen LogP contribution is 2.29. The molecule has 19 heavy (non-hydrogen) atoms. The van der Waals surface area contributed by atoms with Crippen LogP contribution in [-0.4, -0.2) is 52.0 Å². The van der Waals surface area contributed by atoms with Crippen LogP contribution < -0.4 is 10.6 Å². The van der Waals surface area contributed by atoms with Crippen LogP contribution in [0.25, 0.3) is 0 Å². The van der Waals surface area contributed by atoms with Gasteiger partial charge in [0.05, 0.1) is 17.6 Å². The number of nitrogens with one attached hydrogen (secondary N) is 2. The largest absolute Gasteiger partial charge is 0.384 e. The Morgan fingerprint density at radius 2 is 1.89 bits per heavy atom. The Morgan fingerprint density at radius 3 is 2.37 bits per heavy atom. The molecule has 0 saturated carbocycles. The Bertz CT molecular complexity index is 274. The van der Waals surface area contributed by atoms with Crippen molar-refractivity contribution in [3.8, 4) is 0 Å². The van der Waals surface area contributed by atoms with Crippen molar-refractivity contribution in [2.45, 2.75) is 32.3 Å². The van der Waals surface area contributed by atoms with E-state index in [2.05, 4.69) is 10.6 Å². The van der Waals surface area contributed by atoms with Gasteiger partial charge in [-0.15, -0.1) is 12.4 Å². The highest BCUT2D eigenvalue weighted by atomic mass is 35.5. The van der Waals surface area contributed by atoms with Crippen molar-refractivity contribution in [1.82, 2.24) is 10.6 Å². The fourth-order valence-electron chi connectivity index (χ4n) is 2.17. The molecule has 1 heterocycles. The van der Waals surface area contributed by atoms with Gasteiger partial charge in [-0.3, -0.25) is 4.79 Å². The maximum atomic E-state index is 12.4. The third kappa shape index (κ3) is 5.26. The first-order chi connectivity index (χ1) is 8.46. The molecule has 0 aromatic carbocycles. The van der Waals surface area contributed by atoms with Gasteiger partial charge in [0.2, 0.25) is 5.91 Å². The predicted octanol–water partition coefficient (Wildman–Crippen LogP) is 0.966. The molecule has 1 aliphatic rings. The van der Waals surface area contributed by atoms with Crippen LogP contribution in [0.1, 0.15) is 26.7 Å². The molecule has 0 atom stereocenters. The molecule has 1 aliphatic heterocycles. The molecule has 0 aromatic heterocycles. The van der Waals surface area contributed by atoms with Gasteiger partial charge >= 0.3 is 0 Å². The molecule has 0 aromatic rings. The lowest BCUT2D eigenvalue weighted by molar-refractivity contribution is -0.137. The van der Waals surface area contributed by atoms with E-state index in [-0.39, 0.29) is 29.3 Å². The molecule has 5 nitrogen and oxygen atoms in total. The van der Waals surface area contributed by atoms with E-state index in [9.17, 15) is 4.79 Å². The summed E-state index contributed by atoms with van der Waals surface area (Å²) in [5.41, 5.74) is -0.722. The molecule has 1 fully saturated rings. The first kappa shape index (κ1) is 18.6. The molecule has 0 bridgehead atoms. The number of halogens is 1. The zero-order valence-corrected chi connectivity index (χ0v) is 13.2. The van der Waals surface area contributed by atoms with Gasteiger partial charge < -0.3 is 20.1 Å². The lowest BCUT2D eigenvalue weighted by Crippen LogP contribution is -2.52. The van der Waals surface area contributed by atoms with Crippen molar-refractivity contribution in [2.24, 2.45) is 5.41 Å². The quantitative estimate of drug-likeness (QED) is 0.766. The van der Waals surface area contributed by atoms with E-state index in [1.165, 1.54) is 0 Å². The normalized spacial score (nSPS) is 18.5. The number of hydrogen-bond acceptors (Lipinski definition) is 4. The molecule has 6 heteroatoms. The second kappa shape index (κ2) is 8.04. The van der Waals surface area contributed by atoms with Gasteiger partial charge in [-0.05, 0) is 39.8 Å². The molecule has 114 valence electrons. The summed E-state index contributed by atoms with van der Waals surface area (Å²) in [6, 6.07) is 0. The number of hydrogen-bond donors (Lipinski definition) is 2. The van der Waals surface area contributed by atoms with E-state index in [1.807, 2.05) is 13.8 Å². The Morgan fingerprint density at radius 1 is 1.32 bits per heavy atom. The molecular weight excluding hydrogens is 268 g/mol. The van der Waals surface area contributed by atoms with Gasteiger partial charge in [0.1, 0.15) is 0 Å². The van der Waals surface area contributed by atoms with Gasteiger partial charge in [-0.1, -0.05) is 0 Å². The molecule has 0 spiro atoms. The van der Waals surface area contributed by atoms with Crippen LogP contribution in [0, 0.1) is 5.41 Å². The smallest absolute Gasteiger partial charge is 0.228 e. The van der Waals surface area contributed by atoms with Crippen LogP contribution in [0.4, 0.5) is 0 Å². The highest BCUT2D eigenvalue weighted by molar-refractivity contribution is 5.85. The average molecular weight is 295 g/mol. The van der Waals surface area contributed by atoms with Crippen LogP contribution in [0.3, 0.4) is 0 Å². The Labute approximate surface area is 122 Å². The summed E-state index contributed by atoms with van der Waals surface area (Å²) in [5, 5.41) is 6.27. The first-order valence-corrected chi connectivity index (χ1v) is 6.49. The average Bonchev–Trinajstić information content (AvgIpc) is 2.37. The maximum absolute atomic E-state index is 12.4. The van der Waals surface area contributed by atoms with Gasteiger partial charge in [0, 0.05) is 20.8 Å². The van der Waals surface area contributed by atoms with Crippen LogP contribution in [-0.2, 0) is 14.3 Å². The molecule has 1 saturated heterocycles. The Balaban J connectivity index is 0.00000324. The molecule has 1 amide bonds. The number of rotatable bonds is 6. The number of amides is 1. The summed E-state index contributed by atoms with van der Waals surface area (Å²) in [6.07, 6.45) is 1.64. The minimum Gasteiger partial charge on any atom is -0.384 e. The third-order valence-electron chi connectivity index (χ3n) is 3.69. The van der Waals surface area contributed by atoms with E-state index >= 15 is 0 Å². The van der Waals surface area contributed by atoms with Crippen molar-refractivity contribution >= 4 is 18.3 Å². The molecule has 0 radical (unpaired) electrons. The number of carbonyl (C=O) groups excluding carboxylic acids is 1. The topological polar surface area (TPSA) is 59.6 Å². The van der Waals surface area contributed by atoms with Crippen LogP contribution in [0.15, 0.2) is 0 Å². The third-order valence-corrected chi connectivity index (χ3v) is 3.69. The van der Waals surface area contributed by atoms with E-state index in [0.29, 0.717) is 13.2 Å². The fourth-order valence-corrected chi connectivity index (χ4v) is 2.17. The Kier molecular flexibility index (Phi) is 7.89. The van der Waals surface area contributed by atoms with Crippen molar-refractivity contribution in [3.05, 3.63) is 0 Å². The second-order valence-corrected chi connectivity index (χ2v) is 5.61. The van der Waals surface area contributed by atoms with E-state index in [4.69, 9.17) is 9.47 Å². The van der Waals surface area contributed by atoms with Gasteiger partial charge in [-0.25, -0.2) is 0 Å². The van der Waals surface area contributed by atoms with Crippen LogP contribution in [0.5, 0.6) is 0 Å². The molecule has 1 rings (SSSR count). The second-order valence-electron chi connectivity index (χ2n) is 5.61. The van der Waals surface area contributed by atoms with Gasteiger partial charge in [0.25, 0.3) is 0 Å². The molecule has 2 N–H and O–H groups in total. The summed E-state index contributed by atoms with van der Waals surface area (Å²) < 4.78 is 10.6. The van der Waals surface area contributed by atoms with E-state index in [1.54, 1.807) is 14.2 Å². The first-order valence-electron chi connectivity index (χ1n) is 6.49. The van der Waals surface area contributed by atoms with Crippen LogP contribution in [0.2, 0.25) is 0 Å². The summed E-state index contributed by atoms with van der Waals surface area (Å²) in [6.45, 7) is 6.64. The summed E-state index contributed by atoms with van der Waals surface area (Å²) >= 11 is 0. The standard InChI is InChI=1S/C13H26N2O3.ClH/c1-12(2,18-4)9-15-11(16)13(10-17-3)5-7-14-8-6-13;/h14H,5-10H2,1-4H3,(H,15,16);1H. The van der Waals surface area contributed by atoms with Gasteiger partial charge in [-0.2, -0.15) is 0 Å². The lowest BCUT2D eigenvalue weighted by atomic mass is 9.78. The highest BCUT2D eigenvalue weighted by Gasteiger charge is 2.40. The van der Waals surface area contributed by atoms with Crippen molar-refractivity contribution in [3.63, 3.8) is 0 Å². The van der Waals surface area contributed by atoms with Crippen LogP contribution >= 0.6 is 12.4 Å². The van der Waals surface area contributed by atoms with Crippen molar-refractivity contribution in [2.75, 3.05) is 40.5 Å². The SMILES string of the molecule is COCC1(C(=O)NCC(C)(C)OC)CCNCC1.Cl. The number of ether oxygens (including phenoxy) is 2. The van der Waals surface area contributed by atoms with Crippen molar-refractivity contribution < 1.29 is 14.3 Å². The molecule has 0 unspecified atom stereocenters. The van der Waals surface area contributed by atoms with E-state index in [0.717, 1.165) is 25.9 Å². The maximum Gasteiger partial charge on any atom is 0.228 e. The zero-order chi connectivity index (χ0) is 13.6. The number of piperidine rings is 1. The summed E-state index contributed by atoms with van der Waals surface area (Å²) in [5.74, 6) is 0.0796. The summed E-state index contributed by atoms with van der Waals surface area (Å²) in [7, 11) is 3.30. The minimum atomic E-state index is -0.385. The Hall–Kier alpha value is -0.360. The summed E-state index contributed by atoms with van der Waals surface area (Å²) in [4.78, 5) is 12.4.